The molecule has 0 fully saturated rings. The van der Waals surface area contributed by atoms with Gasteiger partial charge >= 0.3 is 0 Å². The first-order valence-electron chi connectivity index (χ1n) is 20.4. The fraction of sp³-hybridized carbons (Fsp3) is 0.0179. The number of nitrogens with zero attached hydrogens (tertiary/aromatic N) is 3. The van der Waals surface area contributed by atoms with E-state index in [1.807, 2.05) is 60.7 Å². The highest BCUT2D eigenvalue weighted by Crippen LogP contribution is 2.58. The summed E-state index contributed by atoms with van der Waals surface area (Å²) in [5.74, 6) is 1.76. The van der Waals surface area contributed by atoms with Gasteiger partial charge in [0.15, 0.2) is 17.5 Å². The maximum atomic E-state index is 6.47. The number of benzene rings is 9. The standard InChI is InChI=1S/C56H35N3O/c1-4-17-36(18-5-1)53-57-54(59-55(58-53)48-30-16-29-47-44-26-11-13-32-50(44)60-52(47)48)38-20-14-19-37(35-38)41-27-15-28-45-42(41)33-34-46-43-25-10-12-31-49(43)56(51(45)46,39-21-6-2-7-22-39)40-23-8-3-9-24-40/h1-35H. The number of aromatic nitrogens is 3. The summed E-state index contributed by atoms with van der Waals surface area (Å²) >= 11 is 0. The molecule has 9 aromatic carbocycles. The predicted molar refractivity (Wildman–Crippen MR) is 244 cm³/mol. The summed E-state index contributed by atoms with van der Waals surface area (Å²) in [5, 5.41) is 4.51. The molecular formula is C56H35N3O. The lowest BCUT2D eigenvalue weighted by molar-refractivity contribution is 0.669. The third kappa shape index (κ3) is 5.14. The molecule has 4 nitrogen and oxygen atoms in total. The minimum absolute atomic E-state index is 0.508. The third-order valence-electron chi connectivity index (χ3n) is 12.2. The number of para-hydroxylation sites is 2. The van der Waals surface area contributed by atoms with Gasteiger partial charge in [0.2, 0.25) is 0 Å². The van der Waals surface area contributed by atoms with E-state index in [-0.39, 0.29) is 0 Å². The van der Waals surface area contributed by atoms with E-state index in [2.05, 4.69) is 152 Å². The Balaban J connectivity index is 1.06. The van der Waals surface area contributed by atoms with Crippen molar-refractivity contribution in [3.63, 3.8) is 0 Å². The van der Waals surface area contributed by atoms with E-state index < -0.39 is 5.41 Å². The highest BCUT2D eigenvalue weighted by molar-refractivity contribution is 6.09. The van der Waals surface area contributed by atoms with Crippen molar-refractivity contribution in [2.24, 2.45) is 0 Å². The Morgan fingerprint density at radius 3 is 1.67 bits per heavy atom. The molecule has 0 radical (unpaired) electrons. The number of rotatable bonds is 6. The van der Waals surface area contributed by atoms with E-state index >= 15 is 0 Å². The summed E-state index contributed by atoms with van der Waals surface area (Å²) in [6.07, 6.45) is 0. The van der Waals surface area contributed by atoms with Crippen LogP contribution in [-0.4, -0.2) is 15.0 Å². The normalized spacial score (nSPS) is 12.8. The van der Waals surface area contributed by atoms with Crippen molar-refractivity contribution in [3.8, 4) is 56.4 Å². The molecular weight excluding hydrogens is 731 g/mol. The van der Waals surface area contributed by atoms with Gasteiger partial charge in [-0.05, 0) is 73.5 Å². The van der Waals surface area contributed by atoms with Crippen molar-refractivity contribution >= 4 is 32.7 Å². The molecule has 0 N–H and O–H groups in total. The van der Waals surface area contributed by atoms with E-state index in [9.17, 15) is 0 Å². The SMILES string of the molecule is c1ccc(-c2nc(-c3cccc(-c4cccc5c6c(ccc45)-c4ccccc4C6(c4ccccc4)c4ccccc4)c3)nc(-c3cccc4c3oc3ccccc34)n2)cc1. The maximum absolute atomic E-state index is 6.47. The fourth-order valence-electron chi connectivity index (χ4n) is 9.65. The molecule has 60 heavy (non-hydrogen) atoms. The van der Waals surface area contributed by atoms with E-state index in [4.69, 9.17) is 19.4 Å². The van der Waals surface area contributed by atoms with Crippen LogP contribution in [-0.2, 0) is 5.41 Å². The Bertz CT molecular complexity index is 3390. The molecule has 11 aromatic rings. The van der Waals surface area contributed by atoms with Gasteiger partial charge in [0, 0.05) is 21.9 Å². The lowest BCUT2D eigenvalue weighted by atomic mass is 9.66. The van der Waals surface area contributed by atoms with Gasteiger partial charge in [-0.3, -0.25) is 0 Å². The summed E-state index contributed by atoms with van der Waals surface area (Å²) in [4.78, 5) is 15.4. The average Bonchev–Trinajstić information content (AvgIpc) is 3.87. The van der Waals surface area contributed by atoms with Crippen LogP contribution in [0.4, 0.5) is 0 Å². The number of furan rings is 1. The number of hydrogen-bond donors (Lipinski definition) is 0. The van der Waals surface area contributed by atoms with Crippen LogP contribution in [0.3, 0.4) is 0 Å². The molecule has 4 heteroatoms. The molecule has 0 spiro atoms. The summed E-state index contributed by atoms with van der Waals surface area (Å²) < 4.78 is 6.47. The quantitative estimate of drug-likeness (QED) is 0.169. The van der Waals surface area contributed by atoms with Crippen molar-refractivity contribution < 1.29 is 4.42 Å². The van der Waals surface area contributed by atoms with Gasteiger partial charge in [-0.2, -0.15) is 0 Å². The molecule has 0 saturated heterocycles. The van der Waals surface area contributed by atoms with Gasteiger partial charge in [0.05, 0.1) is 11.0 Å². The zero-order valence-corrected chi connectivity index (χ0v) is 32.5. The van der Waals surface area contributed by atoms with Gasteiger partial charge in [-0.15, -0.1) is 0 Å². The average molecular weight is 766 g/mol. The first-order valence-corrected chi connectivity index (χ1v) is 20.4. The zero-order valence-electron chi connectivity index (χ0n) is 32.5. The van der Waals surface area contributed by atoms with E-state index in [1.165, 1.54) is 44.2 Å². The smallest absolute Gasteiger partial charge is 0.167 e. The number of hydrogen-bond acceptors (Lipinski definition) is 4. The largest absolute Gasteiger partial charge is 0.455 e. The second-order valence-electron chi connectivity index (χ2n) is 15.4. The molecule has 1 aliphatic rings. The van der Waals surface area contributed by atoms with Crippen LogP contribution in [0.25, 0.3) is 89.1 Å². The van der Waals surface area contributed by atoms with Crippen LogP contribution in [0.2, 0.25) is 0 Å². The van der Waals surface area contributed by atoms with Gasteiger partial charge in [-0.25, -0.2) is 15.0 Å². The third-order valence-corrected chi connectivity index (χ3v) is 12.2. The maximum Gasteiger partial charge on any atom is 0.167 e. The Labute approximate surface area is 347 Å². The highest BCUT2D eigenvalue weighted by Gasteiger charge is 2.47. The molecule has 280 valence electrons. The summed E-state index contributed by atoms with van der Waals surface area (Å²) in [5.41, 5.74) is 13.6. The Kier molecular flexibility index (Phi) is 7.72. The molecule has 1 aliphatic carbocycles. The van der Waals surface area contributed by atoms with Crippen LogP contribution in [0.5, 0.6) is 0 Å². The van der Waals surface area contributed by atoms with Crippen molar-refractivity contribution in [2.45, 2.75) is 5.41 Å². The monoisotopic (exact) mass is 765 g/mol. The van der Waals surface area contributed by atoms with E-state index in [0.29, 0.717) is 17.5 Å². The molecule has 0 atom stereocenters. The minimum Gasteiger partial charge on any atom is -0.455 e. The summed E-state index contributed by atoms with van der Waals surface area (Å²) in [6, 6.07) is 75.3. The molecule has 2 aromatic heterocycles. The second kappa shape index (κ2) is 13.6. The van der Waals surface area contributed by atoms with Crippen molar-refractivity contribution in [2.75, 3.05) is 0 Å². The van der Waals surface area contributed by atoms with Crippen LogP contribution in [0, 0.1) is 0 Å². The van der Waals surface area contributed by atoms with Crippen molar-refractivity contribution in [1.82, 2.24) is 15.0 Å². The number of fused-ring (bicyclic) bond motifs is 8. The second-order valence-corrected chi connectivity index (χ2v) is 15.4. The lowest BCUT2D eigenvalue weighted by Crippen LogP contribution is -2.28. The summed E-state index contributed by atoms with van der Waals surface area (Å²) in [6.45, 7) is 0. The topological polar surface area (TPSA) is 51.8 Å². The molecule has 0 amide bonds. The van der Waals surface area contributed by atoms with E-state index in [0.717, 1.165) is 49.8 Å². The van der Waals surface area contributed by atoms with Crippen LogP contribution < -0.4 is 0 Å². The molecule has 2 heterocycles. The molecule has 0 saturated carbocycles. The Morgan fingerprint density at radius 1 is 0.333 bits per heavy atom. The van der Waals surface area contributed by atoms with Gasteiger partial charge in [0.25, 0.3) is 0 Å². The fourth-order valence-corrected chi connectivity index (χ4v) is 9.65. The highest BCUT2D eigenvalue weighted by atomic mass is 16.3. The predicted octanol–water partition coefficient (Wildman–Crippen LogP) is 14.0. The van der Waals surface area contributed by atoms with Crippen LogP contribution in [0.1, 0.15) is 22.3 Å². The first-order chi connectivity index (χ1) is 29.8. The van der Waals surface area contributed by atoms with E-state index in [1.54, 1.807) is 0 Å². The van der Waals surface area contributed by atoms with Crippen molar-refractivity contribution in [1.29, 1.82) is 0 Å². The van der Waals surface area contributed by atoms with Gasteiger partial charge in [-0.1, -0.05) is 194 Å². The summed E-state index contributed by atoms with van der Waals surface area (Å²) in [7, 11) is 0. The zero-order chi connectivity index (χ0) is 39.6. The van der Waals surface area contributed by atoms with Gasteiger partial charge < -0.3 is 4.42 Å². The molecule has 0 bridgehead atoms. The first kappa shape index (κ1) is 34.1. The van der Waals surface area contributed by atoms with Crippen molar-refractivity contribution in [3.05, 3.63) is 235 Å². The molecule has 12 rings (SSSR count). The van der Waals surface area contributed by atoms with Crippen LogP contribution in [0.15, 0.2) is 217 Å². The Hall–Kier alpha value is -7.95. The van der Waals surface area contributed by atoms with Crippen LogP contribution >= 0.6 is 0 Å². The molecule has 0 unspecified atom stereocenters. The Morgan fingerprint density at radius 2 is 0.883 bits per heavy atom. The lowest BCUT2D eigenvalue weighted by Gasteiger charge is -2.34. The minimum atomic E-state index is -0.508. The molecule has 0 aliphatic heterocycles. The van der Waals surface area contributed by atoms with Gasteiger partial charge in [0.1, 0.15) is 11.2 Å².